The first-order chi connectivity index (χ1) is 12.5. The molecule has 5 nitrogen and oxygen atoms in total. The largest absolute Gasteiger partial charge is 0.280 e. The van der Waals surface area contributed by atoms with Crippen LogP contribution in [0.4, 0.5) is 10.1 Å². The minimum absolute atomic E-state index is 0.331. The lowest BCUT2D eigenvalue weighted by atomic mass is 10.2. The molecule has 0 amide bonds. The van der Waals surface area contributed by atoms with Crippen molar-refractivity contribution in [3.05, 3.63) is 72.7 Å². The number of aromatic nitrogens is 2. The lowest BCUT2D eigenvalue weighted by Crippen LogP contribution is -2.14. The Morgan fingerprint density at radius 2 is 1.85 bits per heavy atom. The summed E-state index contributed by atoms with van der Waals surface area (Å²) >= 11 is 1.42. The summed E-state index contributed by atoms with van der Waals surface area (Å²) in [5.74, 6) is -0.798. The second kappa shape index (κ2) is 6.47. The third-order valence-corrected chi connectivity index (χ3v) is 6.10. The Morgan fingerprint density at radius 1 is 1.00 bits per heavy atom. The van der Waals surface area contributed by atoms with Crippen LogP contribution < -0.4 is 4.72 Å². The fourth-order valence-electron chi connectivity index (χ4n) is 2.48. The summed E-state index contributed by atoms with van der Waals surface area (Å²) in [4.78, 5) is 9.18. The van der Waals surface area contributed by atoms with E-state index >= 15 is 0 Å². The highest BCUT2D eigenvalue weighted by molar-refractivity contribution is 7.92. The van der Waals surface area contributed by atoms with Gasteiger partial charge in [0.25, 0.3) is 10.0 Å². The molecule has 0 fully saturated rings. The van der Waals surface area contributed by atoms with E-state index in [4.69, 9.17) is 0 Å². The van der Waals surface area contributed by atoms with Gasteiger partial charge in [-0.3, -0.25) is 4.72 Å². The average molecular weight is 385 g/mol. The maximum atomic E-state index is 13.8. The van der Waals surface area contributed by atoms with E-state index in [1.54, 1.807) is 24.4 Å². The van der Waals surface area contributed by atoms with Crippen molar-refractivity contribution in [2.24, 2.45) is 0 Å². The highest BCUT2D eigenvalue weighted by Gasteiger charge is 2.19. The van der Waals surface area contributed by atoms with Gasteiger partial charge in [-0.2, -0.15) is 0 Å². The quantitative estimate of drug-likeness (QED) is 0.569. The fraction of sp³-hybridized carbons (Fsp3) is 0. The first-order valence-electron chi connectivity index (χ1n) is 7.62. The van der Waals surface area contributed by atoms with Crippen molar-refractivity contribution < 1.29 is 12.8 Å². The van der Waals surface area contributed by atoms with Crippen molar-refractivity contribution in [1.82, 2.24) is 9.97 Å². The number of hydrogen-bond donors (Lipinski definition) is 1. The predicted octanol–water partition coefficient (Wildman–Crippen LogP) is 4.30. The van der Waals surface area contributed by atoms with E-state index in [0.717, 1.165) is 27.0 Å². The van der Waals surface area contributed by atoms with Gasteiger partial charge in [0, 0.05) is 17.4 Å². The van der Waals surface area contributed by atoms with Crippen molar-refractivity contribution in [3.63, 3.8) is 0 Å². The number of hydrogen-bond acceptors (Lipinski definition) is 5. The Labute approximate surface area is 153 Å². The smallest absolute Gasteiger partial charge is 0.264 e. The van der Waals surface area contributed by atoms with Gasteiger partial charge < -0.3 is 0 Å². The first kappa shape index (κ1) is 16.6. The summed E-state index contributed by atoms with van der Waals surface area (Å²) in [7, 11) is -4.02. The second-order valence-corrected chi connectivity index (χ2v) is 8.09. The van der Waals surface area contributed by atoms with Crippen LogP contribution >= 0.6 is 11.3 Å². The molecule has 0 aliphatic rings. The number of sulfonamides is 1. The van der Waals surface area contributed by atoms with Gasteiger partial charge in [0.2, 0.25) is 0 Å². The molecule has 0 aliphatic carbocycles. The van der Waals surface area contributed by atoms with Gasteiger partial charge >= 0.3 is 0 Å². The molecule has 4 rings (SSSR count). The Morgan fingerprint density at radius 3 is 2.65 bits per heavy atom. The molecule has 0 bridgehead atoms. The molecule has 0 saturated heterocycles. The average Bonchev–Trinajstić information content (AvgIpc) is 3.06. The molecule has 0 spiro atoms. The van der Waals surface area contributed by atoms with Crippen LogP contribution in [0.1, 0.15) is 0 Å². The number of rotatable bonds is 4. The molecule has 130 valence electrons. The molecular weight excluding hydrogens is 373 g/mol. The predicted molar refractivity (Wildman–Crippen MR) is 100 cm³/mol. The van der Waals surface area contributed by atoms with Gasteiger partial charge in [0.1, 0.15) is 26.1 Å². The third-order valence-electron chi connectivity index (χ3n) is 3.65. The summed E-state index contributed by atoms with van der Waals surface area (Å²) < 4.78 is 41.1. The molecule has 0 saturated carbocycles. The Hall–Kier alpha value is -2.84. The SMILES string of the molecule is O=S(=O)(Nc1cccc(-c2nc3cccnc3s2)c1)c1ccccc1F. The molecular formula is C18H12FN3O2S2. The van der Waals surface area contributed by atoms with Crippen LogP contribution in [0.15, 0.2) is 71.8 Å². The molecule has 8 heteroatoms. The van der Waals surface area contributed by atoms with Crippen LogP contribution in [0.3, 0.4) is 0 Å². The van der Waals surface area contributed by atoms with Crippen molar-refractivity contribution >= 4 is 37.4 Å². The molecule has 4 aromatic rings. The molecule has 26 heavy (non-hydrogen) atoms. The third kappa shape index (κ3) is 3.16. The highest BCUT2D eigenvalue weighted by Crippen LogP contribution is 2.30. The Balaban J connectivity index is 1.69. The summed E-state index contributed by atoms with van der Waals surface area (Å²) in [6.07, 6.45) is 1.70. The summed E-state index contributed by atoms with van der Waals surface area (Å²) in [6, 6.07) is 15.7. The van der Waals surface area contributed by atoms with Gasteiger partial charge in [0.15, 0.2) is 0 Å². The topological polar surface area (TPSA) is 72.0 Å². The van der Waals surface area contributed by atoms with Crippen molar-refractivity contribution in [3.8, 4) is 10.6 Å². The summed E-state index contributed by atoms with van der Waals surface area (Å²) in [6.45, 7) is 0. The molecule has 2 heterocycles. The molecule has 0 aliphatic heterocycles. The van der Waals surface area contributed by atoms with Gasteiger partial charge in [-0.05, 0) is 36.4 Å². The second-order valence-electron chi connectivity index (χ2n) is 5.46. The van der Waals surface area contributed by atoms with E-state index < -0.39 is 20.7 Å². The highest BCUT2D eigenvalue weighted by atomic mass is 32.2. The maximum Gasteiger partial charge on any atom is 0.264 e. The first-order valence-corrected chi connectivity index (χ1v) is 9.92. The number of benzene rings is 2. The number of nitrogens with zero attached hydrogens (tertiary/aromatic N) is 2. The zero-order valence-corrected chi connectivity index (χ0v) is 14.9. The van der Waals surface area contributed by atoms with E-state index in [2.05, 4.69) is 14.7 Å². The van der Waals surface area contributed by atoms with Gasteiger partial charge in [0.05, 0.1) is 0 Å². The van der Waals surface area contributed by atoms with Crippen molar-refractivity contribution in [1.29, 1.82) is 0 Å². The van der Waals surface area contributed by atoms with E-state index in [9.17, 15) is 12.8 Å². The van der Waals surface area contributed by atoms with Gasteiger partial charge in [-0.25, -0.2) is 22.8 Å². The number of pyridine rings is 1. The van der Waals surface area contributed by atoms with Crippen molar-refractivity contribution in [2.75, 3.05) is 4.72 Å². The molecule has 0 atom stereocenters. The molecule has 0 unspecified atom stereocenters. The van der Waals surface area contributed by atoms with Gasteiger partial charge in [-0.15, -0.1) is 0 Å². The van der Waals surface area contributed by atoms with E-state index in [1.807, 2.05) is 18.2 Å². The summed E-state index contributed by atoms with van der Waals surface area (Å²) in [5.41, 5.74) is 1.87. The number of thiazole rings is 1. The minimum atomic E-state index is -4.02. The van der Waals surface area contributed by atoms with Crippen LogP contribution in [0.25, 0.3) is 20.9 Å². The van der Waals surface area contributed by atoms with E-state index in [1.165, 1.54) is 29.5 Å². The summed E-state index contributed by atoms with van der Waals surface area (Å²) in [5, 5.41) is 0.727. The lowest BCUT2D eigenvalue weighted by Gasteiger charge is -2.09. The Kier molecular flexibility index (Phi) is 4.14. The number of fused-ring (bicyclic) bond motifs is 1. The van der Waals surface area contributed by atoms with E-state index in [-0.39, 0.29) is 0 Å². The van der Waals surface area contributed by atoms with Crippen LogP contribution in [0.5, 0.6) is 0 Å². The normalized spacial score (nSPS) is 11.6. The monoisotopic (exact) mass is 385 g/mol. The molecule has 2 aromatic heterocycles. The molecule has 0 radical (unpaired) electrons. The zero-order valence-electron chi connectivity index (χ0n) is 13.3. The number of halogens is 1. The van der Waals surface area contributed by atoms with E-state index in [0.29, 0.717) is 5.69 Å². The maximum absolute atomic E-state index is 13.8. The lowest BCUT2D eigenvalue weighted by molar-refractivity contribution is 0.570. The number of nitrogens with one attached hydrogen (secondary N) is 1. The molecule has 1 N–H and O–H groups in total. The van der Waals surface area contributed by atoms with Crippen molar-refractivity contribution in [2.45, 2.75) is 4.90 Å². The van der Waals surface area contributed by atoms with Crippen LogP contribution in [0.2, 0.25) is 0 Å². The Bertz CT molecular complexity index is 1170. The number of anilines is 1. The zero-order chi connectivity index (χ0) is 18.1. The minimum Gasteiger partial charge on any atom is -0.280 e. The fourth-order valence-corrected chi connectivity index (χ4v) is 4.52. The standard InChI is InChI=1S/C18H12FN3O2S2/c19-14-7-1-2-9-16(14)26(23,24)22-13-6-3-5-12(11-13)17-21-15-8-4-10-20-18(15)25-17/h1-11,22H. The van der Waals surface area contributed by atoms with Crippen LogP contribution in [-0.2, 0) is 10.0 Å². The van der Waals surface area contributed by atoms with Crippen LogP contribution in [0, 0.1) is 5.82 Å². The molecule has 2 aromatic carbocycles. The van der Waals surface area contributed by atoms with Crippen LogP contribution in [-0.4, -0.2) is 18.4 Å². The van der Waals surface area contributed by atoms with Gasteiger partial charge in [-0.1, -0.05) is 35.6 Å².